The minimum atomic E-state index is -0.688. The van der Waals surface area contributed by atoms with Gasteiger partial charge in [-0.2, -0.15) is 4.98 Å². The minimum Gasteiger partial charge on any atom is -0.481 e. The highest BCUT2D eigenvalue weighted by molar-refractivity contribution is 5.71. The number of rotatable bonds is 6. The summed E-state index contributed by atoms with van der Waals surface area (Å²) in [6.45, 7) is 5.72. The highest BCUT2D eigenvalue weighted by Gasteiger charge is 2.39. The molecule has 2 heterocycles. The summed E-state index contributed by atoms with van der Waals surface area (Å²) in [6, 6.07) is 15.0. The molecule has 5 rings (SSSR count). The van der Waals surface area contributed by atoms with Gasteiger partial charge in [-0.15, -0.1) is 0 Å². The molecular formula is C25H27N3O3. The summed E-state index contributed by atoms with van der Waals surface area (Å²) in [7, 11) is 0. The maximum absolute atomic E-state index is 11.1. The molecule has 3 aromatic rings. The zero-order chi connectivity index (χ0) is 21.5. The van der Waals surface area contributed by atoms with Gasteiger partial charge in [0.1, 0.15) is 0 Å². The van der Waals surface area contributed by atoms with Gasteiger partial charge in [-0.25, -0.2) is 0 Å². The van der Waals surface area contributed by atoms with Crippen LogP contribution in [0.25, 0.3) is 22.8 Å². The van der Waals surface area contributed by atoms with E-state index in [1.807, 2.05) is 18.2 Å². The molecule has 0 spiro atoms. The fourth-order valence-corrected chi connectivity index (χ4v) is 4.75. The highest BCUT2D eigenvalue weighted by Crippen LogP contribution is 2.40. The molecule has 0 saturated carbocycles. The normalized spacial score (nSPS) is 18.9. The van der Waals surface area contributed by atoms with E-state index < -0.39 is 5.97 Å². The molecule has 1 atom stereocenters. The van der Waals surface area contributed by atoms with Crippen molar-refractivity contribution in [1.29, 1.82) is 0 Å². The number of fused-ring (bicyclic) bond motifs is 1. The Hall–Kier alpha value is -2.99. The van der Waals surface area contributed by atoms with Crippen molar-refractivity contribution in [3.05, 3.63) is 59.2 Å². The summed E-state index contributed by atoms with van der Waals surface area (Å²) in [6.07, 6.45) is 3.08. The first kappa shape index (κ1) is 19.9. The average molecular weight is 418 g/mol. The fraction of sp³-hybridized carbons (Fsp3) is 0.400. The lowest BCUT2D eigenvalue weighted by molar-refractivity contribution is -0.148. The monoisotopic (exact) mass is 417 g/mol. The van der Waals surface area contributed by atoms with Crippen molar-refractivity contribution in [2.24, 2.45) is 11.8 Å². The smallest absolute Gasteiger partial charge is 0.309 e. The van der Waals surface area contributed by atoms with Crippen LogP contribution in [0.15, 0.2) is 47.0 Å². The van der Waals surface area contributed by atoms with Gasteiger partial charge in [0.2, 0.25) is 5.82 Å². The van der Waals surface area contributed by atoms with Crippen LogP contribution in [-0.4, -0.2) is 39.2 Å². The quantitative estimate of drug-likeness (QED) is 0.631. The van der Waals surface area contributed by atoms with E-state index in [2.05, 4.69) is 53.2 Å². The molecule has 1 fully saturated rings. The van der Waals surface area contributed by atoms with Crippen molar-refractivity contribution in [1.82, 2.24) is 15.0 Å². The Morgan fingerprint density at radius 2 is 1.90 bits per heavy atom. The lowest BCUT2D eigenvalue weighted by Gasteiger charge is -2.41. The number of hydrogen-bond donors (Lipinski definition) is 1. The van der Waals surface area contributed by atoms with Gasteiger partial charge in [-0.05, 0) is 60.1 Å². The second kappa shape index (κ2) is 7.93. The van der Waals surface area contributed by atoms with Crippen molar-refractivity contribution in [2.45, 2.75) is 39.2 Å². The summed E-state index contributed by atoms with van der Waals surface area (Å²) in [4.78, 5) is 18.0. The fourth-order valence-electron chi connectivity index (χ4n) is 4.75. The van der Waals surface area contributed by atoms with E-state index in [4.69, 9.17) is 9.63 Å². The van der Waals surface area contributed by atoms with Crippen LogP contribution in [0.1, 0.15) is 43.0 Å². The van der Waals surface area contributed by atoms with Crippen LogP contribution in [0.5, 0.6) is 0 Å². The van der Waals surface area contributed by atoms with Crippen molar-refractivity contribution in [3.63, 3.8) is 0 Å². The Balaban J connectivity index is 1.31. The Morgan fingerprint density at radius 3 is 2.61 bits per heavy atom. The molecule has 1 aliphatic heterocycles. The molecule has 0 bridgehead atoms. The Morgan fingerprint density at radius 1 is 1.16 bits per heavy atom. The third kappa shape index (κ3) is 3.88. The van der Waals surface area contributed by atoms with Crippen molar-refractivity contribution >= 4 is 5.97 Å². The SMILES string of the molecule is CC(C)Cc1ccc(-c2nc(-c3ccc4c(c3)CC[C@@H]4N3CC(C(=O)O)C3)no2)cc1. The summed E-state index contributed by atoms with van der Waals surface area (Å²) >= 11 is 0. The van der Waals surface area contributed by atoms with Gasteiger partial charge in [0.15, 0.2) is 0 Å². The molecule has 0 amide bonds. The first-order chi connectivity index (χ1) is 15.0. The zero-order valence-electron chi connectivity index (χ0n) is 17.9. The van der Waals surface area contributed by atoms with Gasteiger partial charge in [0.25, 0.3) is 5.89 Å². The number of carboxylic acids is 1. The molecule has 1 saturated heterocycles. The van der Waals surface area contributed by atoms with E-state index in [-0.39, 0.29) is 5.92 Å². The maximum atomic E-state index is 11.1. The molecule has 6 heteroatoms. The average Bonchev–Trinajstić information content (AvgIpc) is 3.34. The number of aryl methyl sites for hydroxylation is 1. The van der Waals surface area contributed by atoms with Gasteiger partial charge >= 0.3 is 5.97 Å². The Kier molecular flexibility index (Phi) is 5.10. The lowest BCUT2D eigenvalue weighted by atomic mass is 9.95. The topological polar surface area (TPSA) is 79.5 Å². The van der Waals surface area contributed by atoms with Crippen molar-refractivity contribution < 1.29 is 14.4 Å². The Labute approximate surface area is 181 Å². The van der Waals surface area contributed by atoms with Gasteiger partial charge in [-0.1, -0.05) is 43.3 Å². The number of aliphatic carboxylic acids is 1. The molecule has 1 aromatic heterocycles. The predicted octanol–water partition coefficient (Wildman–Crippen LogP) is 4.61. The highest BCUT2D eigenvalue weighted by atomic mass is 16.5. The van der Waals surface area contributed by atoms with Crippen molar-refractivity contribution in [3.8, 4) is 22.8 Å². The van der Waals surface area contributed by atoms with Gasteiger partial charge in [0.05, 0.1) is 5.92 Å². The molecule has 0 unspecified atom stereocenters. The number of hydrogen-bond acceptors (Lipinski definition) is 5. The molecule has 6 nitrogen and oxygen atoms in total. The largest absolute Gasteiger partial charge is 0.481 e. The number of carboxylic acid groups (broad SMARTS) is 1. The second-order valence-corrected chi connectivity index (χ2v) is 9.18. The van der Waals surface area contributed by atoms with Crippen LogP contribution < -0.4 is 0 Å². The van der Waals surface area contributed by atoms with E-state index in [0.717, 1.165) is 30.4 Å². The van der Waals surface area contributed by atoms with Crippen LogP contribution in [0.3, 0.4) is 0 Å². The number of benzene rings is 2. The molecule has 1 N–H and O–H groups in total. The molecule has 160 valence electrons. The van der Waals surface area contributed by atoms with Crippen molar-refractivity contribution in [2.75, 3.05) is 13.1 Å². The van der Waals surface area contributed by atoms with Crippen LogP contribution in [0.2, 0.25) is 0 Å². The summed E-state index contributed by atoms with van der Waals surface area (Å²) < 4.78 is 5.54. The Bertz CT molecular complexity index is 1100. The summed E-state index contributed by atoms with van der Waals surface area (Å²) in [5.74, 6) is 0.847. The molecule has 2 aromatic carbocycles. The van der Waals surface area contributed by atoms with Gasteiger partial charge in [-0.3, -0.25) is 9.69 Å². The maximum Gasteiger partial charge on any atom is 0.309 e. The number of likely N-dealkylation sites (tertiary alicyclic amines) is 1. The summed E-state index contributed by atoms with van der Waals surface area (Å²) in [5.41, 5.74) is 5.79. The minimum absolute atomic E-state index is 0.222. The number of aromatic nitrogens is 2. The molecule has 2 aliphatic rings. The van der Waals surface area contributed by atoms with E-state index in [1.54, 1.807) is 0 Å². The number of carbonyl (C=O) groups is 1. The van der Waals surface area contributed by atoms with Gasteiger partial charge < -0.3 is 9.63 Å². The third-order valence-corrected chi connectivity index (χ3v) is 6.42. The standard InChI is InChI=1S/C25H27N3O3/c1-15(2)11-16-3-5-17(6-4-16)24-26-23(27-31-24)19-7-9-21-18(12-19)8-10-22(21)28-13-20(14-28)25(29)30/h3-7,9,12,15,20,22H,8,10-11,13-14H2,1-2H3,(H,29,30)/t22-/m0/s1. The molecule has 31 heavy (non-hydrogen) atoms. The van der Waals surface area contributed by atoms with Crippen LogP contribution in [0.4, 0.5) is 0 Å². The second-order valence-electron chi connectivity index (χ2n) is 9.18. The molecule has 1 aliphatic carbocycles. The van der Waals surface area contributed by atoms with Crippen LogP contribution in [0, 0.1) is 11.8 Å². The first-order valence-corrected chi connectivity index (χ1v) is 11.0. The van der Waals surface area contributed by atoms with Crippen LogP contribution >= 0.6 is 0 Å². The molecule has 0 radical (unpaired) electrons. The molecular weight excluding hydrogens is 390 g/mol. The summed E-state index contributed by atoms with van der Waals surface area (Å²) in [5, 5.41) is 13.3. The zero-order valence-corrected chi connectivity index (χ0v) is 17.9. The lowest BCUT2D eigenvalue weighted by Crippen LogP contribution is -2.51. The third-order valence-electron chi connectivity index (χ3n) is 6.42. The first-order valence-electron chi connectivity index (χ1n) is 11.0. The van der Waals surface area contributed by atoms with E-state index >= 15 is 0 Å². The van der Waals surface area contributed by atoms with E-state index in [0.29, 0.717) is 36.8 Å². The van der Waals surface area contributed by atoms with E-state index in [1.165, 1.54) is 16.7 Å². The van der Waals surface area contributed by atoms with Gasteiger partial charge in [0, 0.05) is 30.3 Å². The number of nitrogens with zero attached hydrogens (tertiary/aromatic N) is 3. The predicted molar refractivity (Wildman–Crippen MR) is 117 cm³/mol. The van der Waals surface area contributed by atoms with Crippen LogP contribution in [-0.2, 0) is 17.6 Å². The van der Waals surface area contributed by atoms with E-state index in [9.17, 15) is 4.79 Å².